The van der Waals surface area contributed by atoms with Gasteiger partial charge in [0.05, 0.1) is 7.11 Å². The highest BCUT2D eigenvalue weighted by Crippen LogP contribution is 2.50. The molecular weight excluding hydrogens is 294 g/mol. The summed E-state index contributed by atoms with van der Waals surface area (Å²) in [6.45, 7) is 3.94. The summed E-state index contributed by atoms with van der Waals surface area (Å²) in [5.74, 6) is 0.710. The maximum Gasteiger partial charge on any atom is 0.328 e. The van der Waals surface area contributed by atoms with E-state index in [1.807, 2.05) is 13.8 Å². The number of amides is 1. The fraction of sp³-hybridized carbons (Fsp3) is 0.706. The average Bonchev–Trinajstić information content (AvgIpc) is 3.46. The van der Waals surface area contributed by atoms with E-state index in [1.165, 1.54) is 7.11 Å². The summed E-state index contributed by atoms with van der Waals surface area (Å²) in [5.41, 5.74) is 0.485. The molecule has 2 saturated carbocycles. The van der Waals surface area contributed by atoms with Crippen LogP contribution >= 0.6 is 0 Å². The molecule has 23 heavy (non-hydrogen) atoms. The monoisotopic (exact) mass is 319 g/mol. The summed E-state index contributed by atoms with van der Waals surface area (Å²) >= 11 is 0. The maximum absolute atomic E-state index is 12.7. The third kappa shape index (κ3) is 3.41. The molecule has 1 N–H and O–H groups in total. The lowest BCUT2D eigenvalue weighted by Crippen LogP contribution is -2.48. The molecule has 1 unspecified atom stereocenters. The first kappa shape index (κ1) is 16.0. The molecule has 1 amide bonds. The number of hydrogen-bond donors (Lipinski definition) is 1. The van der Waals surface area contributed by atoms with Crippen LogP contribution in [0.5, 0.6) is 0 Å². The summed E-state index contributed by atoms with van der Waals surface area (Å²) in [6.07, 6.45) is 6.20. The minimum Gasteiger partial charge on any atom is -0.467 e. The first-order valence-electron chi connectivity index (χ1n) is 8.45. The third-order valence-corrected chi connectivity index (χ3v) is 4.85. The Labute approximate surface area is 136 Å². The Morgan fingerprint density at radius 2 is 1.87 bits per heavy atom. The van der Waals surface area contributed by atoms with Crippen LogP contribution in [0.4, 0.5) is 0 Å². The van der Waals surface area contributed by atoms with Gasteiger partial charge in [-0.1, -0.05) is 0 Å². The second-order valence-electron chi connectivity index (χ2n) is 6.98. The molecule has 1 atom stereocenters. The summed E-state index contributed by atoms with van der Waals surface area (Å²) in [5, 5.41) is 7.12. The van der Waals surface area contributed by atoms with E-state index in [4.69, 9.17) is 4.74 Å². The van der Waals surface area contributed by atoms with Crippen LogP contribution in [0.25, 0.3) is 0 Å². The van der Waals surface area contributed by atoms with Crippen molar-refractivity contribution in [3.63, 3.8) is 0 Å². The number of esters is 1. The lowest BCUT2D eigenvalue weighted by atomic mass is 9.89. The van der Waals surface area contributed by atoms with Gasteiger partial charge < -0.3 is 10.1 Å². The van der Waals surface area contributed by atoms with Crippen LogP contribution in [0, 0.1) is 17.8 Å². The molecule has 126 valence electrons. The normalized spacial score (nSPS) is 19.0. The largest absolute Gasteiger partial charge is 0.467 e. The molecule has 0 aromatic carbocycles. The van der Waals surface area contributed by atoms with Crippen LogP contribution in [-0.2, 0) is 9.53 Å². The number of hydrogen-bond acceptors (Lipinski definition) is 4. The number of rotatable bonds is 7. The van der Waals surface area contributed by atoms with Crippen LogP contribution in [0.3, 0.4) is 0 Å². The van der Waals surface area contributed by atoms with Gasteiger partial charge in [0.1, 0.15) is 11.7 Å². The van der Waals surface area contributed by atoms with Crippen LogP contribution < -0.4 is 5.32 Å². The number of carbonyl (C=O) groups excluding carboxylic acids is 2. The Bertz CT molecular complexity index is 576. The van der Waals surface area contributed by atoms with Crippen molar-refractivity contribution >= 4 is 11.9 Å². The maximum atomic E-state index is 12.7. The van der Waals surface area contributed by atoms with Gasteiger partial charge in [0, 0.05) is 12.2 Å². The molecule has 0 spiro atoms. The lowest BCUT2D eigenvalue weighted by molar-refractivity contribution is -0.145. The van der Waals surface area contributed by atoms with E-state index in [-0.39, 0.29) is 23.8 Å². The van der Waals surface area contributed by atoms with Crippen molar-refractivity contribution in [2.45, 2.75) is 51.6 Å². The van der Waals surface area contributed by atoms with Crippen molar-refractivity contribution in [1.82, 2.24) is 15.1 Å². The Hall–Kier alpha value is -1.85. The Morgan fingerprint density at radius 1 is 1.26 bits per heavy atom. The minimum absolute atomic E-state index is 0.0880. The van der Waals surface area contributed by atoms with Crippen LogP contribution in [0.15, 0.2) is 12.3 Å². The quantitative estimate of drug-likeness (QED) is 0.782. The van der Waals surface area contributed by atoms with Crippen molar-refractivity contribution in [1.29, 1.82) is 0 Å². The van der Waals surface area contributed by atoms with E-state index >= 15 is 0 Å². The first-order valence-corrected chi connectivity index (χ1v) is 8.45. The van der Waals surface area contributed by atoms with E-state index in [0.717, 1.165) is 25.7 Å². The van der Waals surface area contributed by atoms with Gasteiger partial charge >= 0.3 is 5.97 Å². The fourth-order valence-corrected chi connectivity index (χ4v) is 3.45. The highest BCUT2D eigenvalue weighted by Gasteiger charge is 2.48. The number of aromatic nitrogens is 2. The van der Waals surface area contributed by atoms with Gasteiger partial charge in [-0.2, -0.15) is 5.10 Å². The zero-order valence-electron chi connectivity index (χ0n) is 14.0. The van der Waals surface area contributed by atoms with Gasteiger partial charge in [0.15, 0.2) is 0 Å². The van der Waals surface area contributed by atoms with Crippen molar-refractivity contribution in [2.24, 2.45) is 17.8 Å². The van der Waals surface area contributed by atoms with E-state index in [2.05, 4.69) is 10.4 Å². The molecule has 2 aliphatic rings. The van der Waals surface area contributed by atoms with E-state index in [1.54, 1.807) is 16.9 Å². The highest BCUT2D eigenvalue weighted by atomic mass is 16.5. The Kier molecular flexibility index (Phi) is 4.41. The summed E-state index contributed by atoms with van der Waals surface area (Å²) in [4.78, 5) is 25.0. The molecule has 3 rings (SSSR count). The number of methoxy groups -OCH3 is 1. The zero-order chi connectivity index (χ0) is 16.6. The summed E-state index contributed by atoms with van der Waals surface area (Å²) in [7, 11) is 1.39. The Balaban J connectivity index is 1.79. The number of nitrogens with one attached hydrogen (secondary N) is 1. The van der Waals surface area contributed by atoms with Gasteiger partial charge in [-0.3, -0.25) is 9.48 Å². The van der Waals surface area contributed by atoms with Gasteiger partial charge in [-0.05, 0) is 63.4 Å². The lowest BCUT2D eigenvalue weighted by Gasteiger charge is -2.26. The number of ether oxygens (including phenoxy) is 1. The standard InChI is InChI=1S/C17H25N3O3/c1-10(2)20-13(8-9-18-20)16(21)19-15(17(22)23-3)14(11-4-5-11)12-6-7-12/h8-12,14-15H,4-7H2,1-3H3,(H,19,21). The SMILES string of the molecule is COC(=O)C(NC(=O)c1ccnn1C(C)C)C(C1CC1)C1CC1. The predicted octanol–water partition coefficient (Wildman–Crippen LogP) is 2.17. The molecule has 0 saturated heterocycles. The molecule has 1 aromatic rings. The average molecular weight is 319 g/mol. The molecular formula is C17H25N3O3. The zero-order valence-corrected chi connectivity index (χ0v) is 14.0. The predicted molar refractivity (Wildman–Crippen MR) is 84.8 cm³/mol. The van der Waals surface area contributed by atoms with Crippen LogP contribution in [0.2, 0.25) is 0 Å². The van der Waals surface area contributed by atoms with Crippen molar-refractivity contribution in [3.05, 3.63) is 18.0 Å². The molecule has 0 aliphatic heterocycles. The minimum atomic E-state index is -0.553. The molecule has 6 heteroatoms. The summed E-state index contributed by atoms with van der Waals surface area (Å²) < 4.78 is 6.64. The molecule has 1 heterocycles. The Morgan fingerprint density at radius 3 is 2.35 bits per heavy atom. The summed E-state index contributed by atoms with van der Waals surface area (Å²) in [6, 6.07) is 1.22. The van der Waals surface area contributed by atoms with Gasteiger partial charge in [-0.15, -0.1) is 0 Å². The smallest absolute Gasteiger partial charge is 0.328 e. The van der Waals surface area contributed by atoms with Gasteiger partial charge in [-0.25, -0.2) is 4.79 Å². The molecule has 0 radical (unpaired) electrons. The first-order chi connectivity index (χ1) is 11.0. The van der Waals surface area contributed by atoms with Crippen molar-refractivity contribution in [3.8, 4) is 0 Å². The van der Waals surface area contributed by atoms with E-state index in [0.29, 0.717) is 17.5 Å². The van der Waals surface area contributed by atoms with E-state index < -0.39 is 6.04 Å². The molecule has 1 aromatic heterocycles. The molecule has 2 aliphatic carbocycles. The topological polar surface area (TPSA) is 73.2 Å². The molecule has 6 nitrogen and oxygen atoms in total. The fourth-order valence-electron chi connectivity index (χ4n) is 3.45. The van der Waals surface area contributed by atoms with Gasteiger partial charge in [0.25, 0.3) is 5.91 Å². The molecule has 0 bridgehead atoms. The molecule has 2 fully saturated rings. The second kappa shape index (κ2) is 6.34. The van der Waals surface area contributed by atoms with E-state index in [9.17, 15) is 9.59 Å². The van der Waals surface area contributed by atoms with Crippen molar-refractivity contribution in [2.75, 3.05) is 7.11 Å². The van der Waals surface area contributed by atoms with Gasteiger partial charge in [0.2, 0.25) is 0 Å². The highest BCUT2D eigenvalue weighted by molar-refractivity contribution is 5.95. The third-order valence-electron chi connectivity index (χ3n) is 4.85. The van der Waals surface area contributed by atoms with Crippen LogP contribution in [0.1, 0.15) is 56.1 Å². The number of nitrogens with zero attached hydrogens (tertiary/aromatic N) is 2. The van der Waals surface area contributed by atoms with Crippen molar-refractivity contribution < 1.29 is 14.3 Å². The second-order valence-corrected chi connectivity index (χ2v) is 6.98. The number of carbonyl (C=O) groups is 2. The van der Waals surface area contributed by atoms with Crippen LogP contribution in [-0.4, -0.2) is 34.8 Å².